The highest BCUT2D eigenvalue weighted by Crippen LogP contribution is 2.23. The van der Waals surface area contributed by atoms with Crippen LogP contribution >= 0.6 is 0 Å². The lowest BCUT2D eigenvalue weighted by atomic mass is 9.95. The molecule has 0 unspecified atom stereocenters. The minimum Gasteiger partial charge on any atom is -0.338 e. The Morgan fingerprint density at radius 1 is 1.12 bits per heavy atom. The summed E-state index contributed by atoms with van der Waals surface area (Å²) in [6, 6.07) is 12.2. The van der Waals surface area contributed by atoms with E-state index in [9.17, 15) is 4.79 Å². The van der Waals surface area contributed by atoms with E-state index in [1.807, 2.05) is 18.2 Å². The molecule has 0 bridgehead atoms. The van der Waals surface area contributed by atoms with Gasteiger partial charge in [-0.1, -0.05) is 38.1 Å². The zero-order chi connectivity index (χ0) is 18.4. The molecule has 2 amide bonds. The second-order valence-electron chi connectivity index (χ2n) is 7.34. The number of nitrogens with zero attached hydrogens (tertiary/aromatic N) is 1. The lowest BCUT2D eigenvalue weighted by Crippen LogP contribution is -2.30. The minimum absolute atomic E-state index is 0.142. The molecule has 26 heavy (non-hydrogen) atoms. The number of hydrogen-bond donors (Lipinski definition) is 2. The van der Waals surface area contributed by atoms with Crippen LogP contribution in [0.3, 0.4) is 0 Å². The van der Waals surface area contributed by atoms with Crippen LogP contribution in [-0.4, -0.2) is 17.6 Å². The van der Waals surface area contributed by atoms with Crippen LogP contribution in [0.5, 0.6) is 0 Å². The zero-order valence-electron chi connectivity index (χ0n) is 15.8. The number of hydrogen-bond acceptors (Lipinski definition) is 2. The molecule has 1 aromatic heterocycles. The van der Waals surface area contributed by atoms with Gasteiger partial charge in [0.15, 0.2) is 0 Å². The van der Waals surface area contributed by atoms with Crippen molar-refractivity contribution in [2.24, 2.45) is 0 Å². The molecule has 1 aromatic carbocycles. The Morgan fingerprint density at radius 3 is 2.77 bits per heavy atom. The molecule has 1 aliphatic rings. The van der Waals surface area contributed by atoms with Gasteiger partial charge in [0, 0.05) is 23.6 Å². The molecule has 0 saturated heterocycles. The van der Waals surface area contributed by atoms with Gasteiger partial charge in [0.2, 0.25) is 0 Å². The Kier molecular flexibility index (Phi) is 6.26. The van der Waals surface area contributed by atoms with Crippen molar-refractivity contribution in [2.75, 3.05) is 11.9 Å². The maximum Gasteiger partial charge on any atom is 0.319 e. The molecule has 138 valence electrons. The summed E-state index contributed by atoms with van der Waals surface area (Å²) in [5.41, 5.74) is 5.88. The van der Waals surface area contributed by atoms with Gasteiger partial charge in [0.05, 0.1) is 0 Å². The van der Waals surface area contributed by atoms with Crippen molar-refractivity contribution in [3.63, 3.8) is 0 Å². The molecule has 2 aromatic rings. The molecule has 0 aliphatic heterocycles. The van der Waals surface area contributed by atoms with Crippen LogP contribution in [-0.2, 0) is 19.3 Å². The third-order valence-electron chi connectivity index (χ3n) is 4.96. The molecule has 1 heterocycles. The zero-order valence-corrected chi connectivity index (χ0v) is 15.8. The molecular formula is C22H29N3O. The number of aryl methyl sites for hydroxylation is 3. The number of anilines is 1. The molecule has 0 fully saturated rings. The first-order chi connectivity index (χ1) is 12.6. The van der Waals surface area contributed by atoms with Crippen molar-refractivity contribution in [1.82, 2.24) is 10.3 Å². The fraction of sp³-hybridized carbons (Fsp3) is 0.455. The summed E-state index contributed by atoms with van der Waals surface area (Å²) in [7, 11) is 0. The predicted octanol–water partition coefficient (Wildman–Crippen LogP) is 4.84. The van der Waals surface area contributed by atoms with Crippen LogP contribution in [0.25, 0.3) is 0 Å². The van der Waals surface area contributed by atoms with E-state index < -0.39 is 0 Å². The molecule has 0 radical (unpaired) electrons. The first-order valence-corrected chi connectivity index (χ1v) is 9.75. The summed E-state index contributed by atoms with van der Waals surface area (Å²) in [6.45, 7) is 4.91. The molecule has 0 atom stereocenters. The molecule has 0 saturated carbocycles. The van der Waals surface area contributed by atoms with E-state index in [0.717, 1.165) is 36.2 Å². The lowest BCUT2D eigenvalue weighted by molar-refractivity contribution is 0.252. The molecule has 0 spiro atoms. The average molecular weight is 351 g/mol. The van der Waals surface area contributed by atoms with Gasteiger partial charge in [0.25, 0.3) is 0 Å². The molecule has 1 aliphatic carbocycles. The number of para-hydroxylation sites is 1. The summed E-state index contributed by atoms with van der Waals surface area (Å²) in [6.07, 6.45) is 6.61. The highest BCUT2D eigenvalue weighted by atomic mass is 16.2. The van der Waals surface area contributed by atoms with Crippen molar-refractivity contribution in [3.05, 3.63) is 58.9 Å². The SMILES string of the molecule is CC(C)c1ccccc1NC(=O)NCCCc1ccc2c(n1)CCCC2. The molecule has 4 heteroatoms. The Morgan fingerprint density at radius 2 is 1.92 bits per heavy atom. The van der Waals surface area contributed by atoms with Gasteiger partial charge >= 0.3 is 6.03 Å². The van der Waals surface area contributed by atoms with Crippen molar-refractivity contribution in [1.29, 1.82) is 0 Å². The molecule has 3 rings (SSSR count). The van der Waals surface area contributed by atoms with E-state index in [1.54, 1.807) is 0 Å². The van der Waals surface area contributed by atoms with Crippen LogP contribution in [0, 0.1) is 0 Å². The van der Waals surface area contributed by atoms with Gasteiger partial charge in [-0.2, -0.15) is 0 Å². The van der Waals surface area contributed by atoms with Gasteiger partial charge < -0.3 is 10.6 Å². The van der Waals surface area contributed by atoms with Crippen LogP contribution in [0.1, 0.15) is 61.5 Å². The number of carbonyl (C=O) groups excluding carboxylic acids is 1. The number of benzene rings is 1. The Balaban J connectivity index is 1.44. The fourth-order valence-corrected chi connectivity index (χ4v) is 3.52. The van der Waals surface area contributed by atoms with Crippen LogP contribution < -0.4 is 10.6 Å². The van der Waals surface area contributed by atoms with Gasteiger partial charge in [-0.15, -0.1) is 0 Å². The molecule has 2 N–H and O–H groups in total. The maximum absolute atomic E-state index is 12.2. The largest absolute Gasteiger partial charge is 0.338 e. The first-order valence-electron chi connectivity index (χ1n) is 9.75. The van der Waals surface area contributed by atoms with Gasteiger partial charge in [0.1, 0.15) is 0 Å². The summed E-state index contributed by atoms with van der Waals surface area (Å²) in [4.78, 5) is 17.0. The monoisotopic (exact) mass is 351 g/mol. The van der Waals surface area contributed by atoms with Crippen LogP contribution in [0.15, 0.2) is 36.4 Å². The highest BCUT2D eigenvalue weighted by Gasteiger charge is 2.11. The topological polar surface area (TPSA) is 54.0 Å². The van der Waals surface area contributed by atoms with Crippen molar-refractivity contribution >= 4 is 11.7 Å². The third kappa shape index (κ3) is 4.84. The van der Waals surface area contributed by atoms with Gasteiger partial charge in [-0.05, 0) is 67.7 Å². The van der Waals surface area contributed by atoms with Crippen molar-refractivity contribution < 1.29 is 4.79 Å². The maximum atomic E-state index is 12.2. The van der Waals surface area contributed by atoms with Crippen LogP contribution in [0.4, 0.5) is 10.5 Å². The summed E-state index contributed by atoms with van der Waals surface area (Å²) in [5.74, 6) is 0.376. The number of pyridine rings is 1. The van der Waals surface area contributed by atoms with Gasteiger partial charge in [-0.25, -0.2) is 4.79 Å². The predicted molar refractivity (Wildman–Crippen MR) is 107 cm³/mol. The summed E-state index contributed by atoms with van der Waals surface area (Å²) >= 11 is 0. The Hall–Kier alpha value is -2.36. The molecular weight excluding hydrogens is 322 g/mol. The van der Waals surface area contributed by atoms with E-state index in [2.05, 4.69) is 42.7 Å². The second-order valence-corrected chi connectivity index (χ2v) is 7.34. The standard InChI is InChI=1S/C22H29N3O/c1-16(2)19-10-4-6-12-21(19)25-22(26)23-15-7-9-18-14-13-17-8-3-5-11-20(17)24-18/h4,6,10,12-14,16H,3,5,7-9,11,15H2,1-2H3,(H2,23,25,26). The quantitative estimate of drug-likeness (QED) is 0.732. The number of amides is 2. The normalized spacial score (nSPS) is 13.3. The van der Waals surface area contributed by atoms with E-state index >= 15 is 0 Å². The minimum atomic E-state index is -0.142. The van der Waals surface area contributed by atoms with E-state index in [4.69, 9.17) is 4.98 Å². The van der Waals surface area contributed by atoms with E-state index in [0.29, 0.717) is 12.5 Å². The molecule has 4 nitrogen and oxygen atoms in total. The fourth-order valence-electron chi connectivity index (χ4n) is 3.52. The van der Waals surface area contributed by atoms with Crippen molar-refractivity contribution in [3.8, 4) is 0 Å². The number of carbonyl (C=O) groups is 1. The van der Waals surface area contributed by atoms with E-state index in [1.165, 1.54) is 30.5 Å². The second kappa shape index (κ2) is 8.84. The average Bonchev–Trinajstić information content (AvgIpc) is 2.65. The lowest BCUT2D eigenvalue weighted by Gasteiger charge is -2.15. The third-order valence-corrected chi connectivity index (χ3v) is 4.96. The number of nitrogens with one attached hydrogen (secondary N) is 2. The smallest absolute Gasteiger partial charge is 0.319 e. The number of urea groups is 1. The highest BCUT2D eigenvalue weighted by molar-refractivity contribution is 5.90. The Bertz CT molecular complexity index is 755. The number of aromatic nitrogens is 1. The Labute approximate surface area is 156 Å². The summed E-state index contributed by atoms with van der Waals surface area (Å²) in [5, 5.41) is 5.92. The first kappa shape index (κ1) is 18.4. The van der Waals surface area contributed by atoms with Gasteiger partial charge in [-0.3, -0.25) is 4.98 Å². The number of fused-ring (bicyclic) bond motifs is 1. The van der Waals surface area contributed by atoms with Crippen LogP contribution in [0.2, 0.25) is 0 Å². The van der Waals surface area contributed by atoms with E-state index in [-0.39, 0.29) is 6.03 Å². The summed E-state index contributed by atoms with van der Waals surface area (Å²) < 4.78 is 0. The number of rotatable bonds is 6. The van der Waals surface area contributed by atoms with Crippen molar-refractivity contribution in [2.45, 2.75) is 58.3 Å².